The second-order valence-electron chi connectivity index (χ2n) is 6.09. The van der Waals surface area contributed by atoms with Gasteiger partial charge in [-0.25, -0.2) is 9.97 Å². The highest BCUT2D eigenvalue weighted by atomic mass is 16.5. The first-order valence-electron chi connectivity index (χ1n) is 8.50. The molecular formula is C19H20N4O2. The molecule has 0 bridgehead atoms. The standard InChI is InChI=1S/C19H20N4O2/c1-4-14(12-24-13-17-7-3-9-25-17)10-16(6-1)22-19-21-11-15-5-2-8-20-18(15)23-19/h1-2,4-6,8,10-11,17H,3,7,9,12-13H2,(H,20,21,22,23). The van der Waals surface area contributed by atoms with Crippen molar-refractivity contribution in [2.45, 2.75) is 25.6 Å². The van der Waals surface area contributed by atoms with Crippen molar-refractivity contribution in [3.8, 4) is 0 Å². The van der Waals surface area contributed by atoms with E-state index in [1.807, 2.05) is 36.4 Å². The van der Waals surface area contributed by atoms with Crippen molar-refractivity contribution in [2.75, 3.05) is 18.5 Å². The molecule has 0 amide bonds. The highest BCUT2D eigenvalue weighted by Gasteiger charge is 2.15. The van der Waals surface area contributed by atoms with Crippen LogP contribution < -0.4 is 5.32 Å². The quantitative estimate of drug-likeness (QED) is 0.743. The lowest BCUT2D eigenvalue weighted by atomic mass is 10.2. The van der Waals surface area contributed by atoms with Gasteiger partial charge in [-0.3, -0.25) is 0 Å². The molecule has 1 atom stereocenters. The van der Waals surface area contributed by atoms with Crippen molar-refractivity contribution >= 4 is 22.7 Å². The van der Waals surface area contributed by atoms with Gasteiger partial charge >= 0.3 is 0 Å². The lowest BCUT2D eigenvalue weighted by Crippen LogP contribution is -2.13. The molecular weight excluding hydrogens is 316 g/mol. The van der Waals surface area contributed by atoms with Crippen molar-refractivity contribution in [1.82, 2.24) is 15.0 Å². The molecule has 25 heavy (non-hydrogen) atoms. The number of aromatic nitrogens is 3. The molecule has 0 spiro atoms. The van der Waals surface area contributed by atoms with E-state index in [4.69, 9.17) is 9.47 Å². The number of ether oxygens (including phenoxy) is 2. The Labute approximate surface area is 146 Å². The summed E-state index contributed by atoms with van der Waals surface area (Å²) in [5, 5.41) is 4.15. The molecule has 1 aliphatic rings. The molecule has 6 heteroatoms. The Balaban J connectivity index is 1.39. The third-order valence-corrected chi connectivity index (χ3v) is 4.13. The first-order valence-corrected chi connectivity index (χ1v) is 8.50. The van der Waals surface area contributed by atoms with Crippen LogP contribution in [0, 0.1) is 0 Å². The lowest BCUT2D eigenvalue weighted by molar-refractivity contribution is 0.0106. The van der Waals surface area contributed by atoms with Gasteiger partial charge in [0.2, 0.25) is 5.95 Å². The van der Waals surface area contributed by atoms with Crippen LogP contribution in [0.1, 0.15) is 18.4 Å². The van der Waals surface area contributed by atoms with E-state index in [2.05, 4.69) is 20.3 Å². The first-order chi connectivity index (χ1) is 12.4. The molecule has 0 radical (unpaired) electrons. The smallest absolute Gasteiger partial charge is 0.229 e. The topological polar surface area (TPSA) is 69.2 Å². The van der Waals surface area contributed by atoms with Crippen LogP contribution in [0.15, 0.2) is 48.8 Å². The van der Waals surface area contributed by atoms with Gasteiger partial charge in [-0.05, 0) is 42.7 Å². The van der Waals surface area contributed by atoms with E-state index in [1.54, 1.807) is 12.4 Å². The third-order valence-electron chi connectivity index (χ3n) is 4.13. The normalized spacial score (nSPS) is 17.0. The summed E-state index contributed by atoms with van der Waals surface area (Å²) in [6, 6.07) is 11.9. The summed E-state index contributed by atoms with van der Waals surface area (Å²) in [5.41, 5.74) is 2.70. The Hall–Kier alpha value is -2.57. The predicted molar refractivity (Wildman–Crippen MR) is 95.7 cm³/mol. The maximum atomic E-state index is 5.77. The second kappa shape index (κ2) is 7.55. The molecule has 6 nitrogen and oxygen atoms in total. The molecule has 0 saturated carbocycles. The number of pyridine rings is 1. The molecule has 4 rings (SSSR count). The number of hydrogen-bond donors (Lipinski definition) is 1. The Bertz CT molecular complexity index is 849. The molecule has 1 aliphatic heterocycles. The van der Waals surface area contributed by atoms with Gasteiger partial charge in [-0.1, -0.05) is 12.1 Å². The summed E-state index contributed by atoms with van der Waals surface area (Å²) in [5.74, 6) is 0.531. The maximum Gasteiger partial charge on any atom is 0.229 e. The van der Waals surface area contributed by atoms with Gasteiger partial charge in [0.15, 0.2) is 5.65 Å². The molecule has 1 aromatic carbocycles. The van der Waals surface area contributed by atoms with Gasteiger partial charge in [-0.15, -0.1) is 0 Å². The van der Waals surface area contributed by atoms with Crippen LogP contribution in [-0.2, 0) is 16.1 Å². The summed E-state index contributed by atoms with van der Waals surface area (Å²) in [6.45, 7) is 2.07. The zero-order valence-corrected chi connectivity index (χ0v) is 13.9. The Morgan fingerprint density at radius 3 is 3.12 bits per heavy atom. The van der Waals surface area contributed by atoms with Crippen LogP contribution in [0.3, 0.4) is 0 Å². The summed E-state index contributed by atoms with van der Waals surface area (Å²) in [6.07, 6.45) is 5.97. The number of nitrogens with zero attached hydrogens (tertiary/aromatic N) is 3. The lowest BCUT2D eigenvalue weighted by Gasteiger charge is -2.11. The minimum atomic E-state index is 0.250. The molecule has 1 unspecified atom stereocenters. The van der Waals surface area contributed by atoms with Crippen molar-refractivity contribution in [1.29, 1.82) is 0 Å². The summed E-state index contributed by atoms with van der Waals surface area (Å²) in [4.78, 5) is 13.0. The number of anilines is 2. The fourth-order valence-electron chi connectivity index (χ4n) is 2.88. The second-order valence-corrected chi connectivity index (χ2v) is 6.09. The van der Waals surface area contributed by atoms with E-state index in [0.717, 1.165) is 36.1 Å². The van der Waals surface area contributed by atoms with Crippen molar-refractivity contribution in [3.05, 3.63) is 54.4 Å². The van der Waals surface area contributed by atoms with E-state index in [9.17, 15) is 0 Å². The molecule has 0 aliphatic carbocycles. The first kappa shape index (κ1) is 15.9. The van der Waals surface area contributed by atoms with E-state index in [-0.39, 0.29) is 6.10 Å². The number of fused-ring (bicyclic) bond motifs is 1. The van der Waals surface area contributed by atoms with Crippen LogP contribution in [0.2, 0.25) is 0 Å². The van der Waals surface area contributed by atoms with Crippen LogP contribution in [0.4, 0.5) is 11.6 Å². The van der Waals surface area contributed by atoms with Gasteiger partial charge in [0, 0.05) is 30.1 Å². The number of benzene rings is 1. The molecule has 128 valence electrons. The molecule has 1 N–H and O–H groups in total. The van der Waals surface area contributed by atoms with Crippen LogP contribution in [0.25, 0.3) is 11.0 Å². The predicted octanol–water partition coefficient (Wildman–Crippen LogP) is 3.46. The summed E-state index contributed by atoms with van der Waals surface area (Å²) >= 11 is 0. The van der Waals surface area contributed by atoms with E-state index < -0.39 is 0 Å². The summed E-state index contributed by atoms with van der Waals surface area (Å²) < 4.78 is 11.3. The highest BCUT2D eigenvalue weighted by Crippen LogP contribution is 2.18. The van der Waals surface area contributed by atoms with E-state index in [0.29, 0.717) is 24.8 Å². The Morgan fingerprint density at radius 1 is 1.20 bits per heavy atom. The van der Waals surface area contributed by atoms with E-state index >= 15 is 0 Å². The monoisotopic (exact) mass is 336 g/mol. The fraction of sp³-hybridized carbons (Fsp3) is 0.316. The number of hydrogen-bond acceptors (Lipinski definition) is 6. The number of nitrogens with one attached hydrogen (secondary N) is 1. The van der Waals surface area contributed by atoms with E-state index in [1.165, 1.54) is 0 Å². The van der Waals surface area contributed by atoms with Gasteiger partial charge in [-0.2, -0.15) is 4.98 Å². The summed E-state index contributed by atoms with van der Waals surface area (Å²) in [7, 11) is 0. The third kappa shape index (κ3) is 4.10. The zero-order valence-electron chi connectivity index (χ0n) is 13.9. The Morgan fingerprint density at radius 2 is 2.20 bits per heavy atom. The largest absolute Gasteiger partial charge is 0.376 e. The minimum Gasteiger partial charge on any atom is -0.376 e. The molecule has 2 aromatic heterocycles. The van der Waals surface area contributed by atoms with Gasteiger partial charge in [0.05, 0.1) is 19.3 Å². The number of rotatable bonds is 6. The van der Waals surface area contributed by atoms with Gasteiger partial charge in [0.25, 0.3) is 0 Å². The van der Waals surface area contributed by atoms with Gasteiger partial charge in [0.1, 0.15) is 0 Å². The Kier molecular flexibility index (Phi) is 4.81. The zero-order chi connectivity index (χ0) is 16.9. The molecule has 3 heterocycles. The maximum absolute atomic E-state index is 5.77. The highest BCUT2D eigenvalue weighted by molar-refractivity contribution is 5.74. The van der Waals surface area contributed by atoms with Crippen LogP contribution in [0.5, 0.6) is 0 Å². The van der Waals surface area contributed by atoms with Crippen LogP contribution >= 0.6 is 0 Å². The average Bonchev–Trinajstić information content (AvgIpc) is 3.15. The van der Waals surface area contributed by atoms with Crippen molar-refractivity contribution < 1.29 is 9.47 Å². The van der Waals surface area contributed by atoms with Crippen molar-refractivity contribution in [3.63, 3.8) is 0 Å². The molecule has 3 aromatic rings. The SMILES string of the molecule is c1cc(COCC2CCCO2)cc(Nc2ncc3cccnc3n2)c1. The van der Waals surface area contributed by atoms with Gasteiger partial charge < -0.3 is 14.8 Å². The average molecular weight is 336 g/mol. The van der Waals surface area contributed by atoms with Crippen LogP contribution in [-0.4, -0.2) is 34.3 Å². The minimum absolute atomic E-state index is 0.250. The molecule has 1 saturated heterocycles. The molecule has 1 fully saturated rings. The fourth-order valence-corrected chi connectivity index (χ4v) is 2.88. The van der Waals surface area contributed by atoms with Crippen molar-refractivity contribution in [2.24, 2.45) is 0 Å².